The van der Waals surface area contributed by atoms with Gasteiger partial charge in [-0.2, -0.15) is 0 Å². The first-order valence-electron chi connectivity index (χ1n) is 6.39. The maximum atomic E-state index is 11.1. The van der Waals surface area contributed by atoms with E-state index in [2.05, 4.69) is 5.32 Å². The van der Waals surface area contributed by atoms with Gasteiger partial charge in [0.05, 0.1) is 18.1 Å². The Hall–Kier alpha value is -2.76. The van der Waals surface area contributed by atoms with Gasteiger partial charge in [-0.15, -0.1) is 0 Å². The molecule has 0 aromatic heterocycles. The molecule has 0 aliphatic carbocycles. The molecule has 6 nitrogen and oxygen atoms in total. The van der Waals surface area contributed by atoms with E-state index in [4.69, 9.17) is 4.74 Å². The molecule has 1 unspecified atom stereocenters. The number of methoxy groups -OCH3 is 1. The van der Waals surface area contributed by atoms with E-state index in [0.29, 0.717) is 11.4 Å². The van der Waals surface area contributed by atoms with Gasteiger partial charge in [-0.3, -0.25) is 10.1 Å². The van der Waals surface area contributed by atoms with Crippen molar-refractivity contribution >= 4 is 11.4 Å². The van der Waals surface area contributed by atoms with Crippen LogP contribution in [0.5, 0.6) is 11.5 Å². The molecule has 0 saturated heterocycles. The van der Waals surface area contributed by atoms with E-state index >= 15 is 0 Å². The quantitative estimate of drug-likeness (QED) is 0.650. The Labute approximate surface area is 122 Å². The average Bonchev–Trinajstić information content (AvgIpc) is 2.48. The van der Waals surface area contributed by atoms with Crippen LogP contribution in [-0.4, -0.2) is 17.1 Å². The second kappa shape index (κ2) is 6.13. The molecule has 0 spiro atoms. The fraction of sp³-hybridized carbons (Fsp3) is 0.200. The molecule has 0 saturated carbocycles. The van der Waals surface area contributed by atoms with Gasteiger partial charge in [0, 0.05) is 6.04 Å². The number of phenols is 1. The van der Waals surface area contributed by atoms with Crippen LogP contribution >= 0.6 is 0 Å². The lowest BCUT2D eigenvalue weighted by molar-refractivity contribution is -0.384. The van der Waals surface area contributed by atoms with Crippen molar-refractivity contribution in [3.8, 4) is 11.5 Å². The van der Waals surface area contributed by atoms with Gasteiger partial charge in [0.25, 0.3) is 5.69 Å². The highest BCUT2D eigenvalue weighted by Gasteiger charge is 2.17. The number of hydrogen-bond acceptors (Lipinski definition) is 5. The minimum atomic E-state index is -0.450. The van der Waals surface area contributed by atoms with E-state index < -0.39 is 4.92 Å². The zero-order chi connectivity index (χ0) is 15.4. The van der Waals surface area contributed by atoms with Crippen LogP contribution in [0.1, 0.15) is 18.5 Å². The molecule has 21 heavy (non-hydrogen) atoms. The smallest absolute Gasteiger partial charge is 0.296 e. The molecular weight excluding hydrogens is 272 g/mol. The highest BCUT2D eigenvalue weighted by atomic mass is 16.6. The molecule has 0 fully saturated rings. The molecule has 2 rings (SSSR count). The van der Waals surface area contributed by atoms with Gasteiger partial charge >= 0.3 is 0 Å². The molecular formula is C15H16N2O4. The lowest BCUT2D eigenvalue weighted by atomic mass is 10.1. The number of anilines is 1. The van der Waals surface area contributed by atoms with E-state index in [9.17, 15) is 15.2 Å². The minimum absolute atomic E-state index is 0.0417. The first-order valence-corrected chi connectivity index (χ1v) is 6.39. The highest BCUT2D eigenvalue weighted by molar-refractivity contribution is 5.64. The molecule has 0 aliphatic rings. The average molecular weight is 288 g/mol. The Morgan fingerprint density at radius 1 is 1.24 bits per heavy atom. The number of aromatic hydroxyl groups is 1. The third-order valence-corrected chi connectivity index (χ3v) is 3.17. The van der Waals surface area contributed by atoms with Gasteiger partial charge in [0.15, 0.2) is 0 Å². The summed E-state index contributed by atoms with van der Waals surface area (Å²) in [4.78, 5) is 10.7. The van der Waals surface area contributed by atoms with E-state index in [0.717, 1.165) is 5.56 Å². The number of nitrogens with one attached hydrogen (secondary N) is 1. The fourth-order valence-electron chi connectivity index (χ4n) is 1.99. The van der Waals surface area contributed by atoms with E-state index in [1.165, 1.54) is 13.2 Å². The minimum Gasteiger partial charge on any atom is -0.508 e. The summed E-state index contributed by atoms with van der Waals surface area (Å²) in [6, 6.07) is 11.2. The lowest BCUT2D eigenvalue weighted by Gasteiger charge is -2.16. The first kappa shape index (κ1) is 14.6. The summed E-state index contributed by atoms with van der Waals surface area (Å²) in [5.74, 6) is 0.617. The number of ether oxygens (including phenoxy) is 1. The largest absolute Gasteiger partial charge is 0.508 e. The third kappa shape index (κ3) is 3.42. The maximum Gasteiger partial charge on any atom is 0.296 e. The molecule has 0 radical (unpaired) electrons. The monoisotopic (exact) mass is 288 g/mol. The second-order valence-corrected chi connectivity index (χ2v) is 4.60. The van der Waals surface area contributed by atoms with Crippen molar-refractivity contribution in [2.45, 2.75) is 13.0 Å². The second-order valence-electron chi connectivity index (χ2n) is 4.60. The molecule has 2 aromatic carbocycles. The summed E-state index contributed by atoms with van der Waals surface area (Å²) in [5, 5.41) is 23.5. The van der Waals surface area contributed by atoms with Crippen molar-refractivity contribution in [3.05, 3.63) is 58.1 Å². The molecule has 0 heterocycles. The number of rotatable bonds is 5. The van der Waals surface area contributed by atoms with Crippen LogP contribution in [-0.2, 0) is 0 Å². The van der Waals surface area contributed by atoms with Crippen LogP contribution in [0.3, 0.4) is 0 Å². The molecule has 0 bridgehead atoms. The summed E-state index contributed by atoms with van der Waals surface area (Å²) < 4.78 is 5.00. The highest BCUT2D eigenvalue weighted by Crippen LogP contribution is 2.31. The van der Waals surface area contributed by atoms with E-state index in [1.807, 2.05) is 6.92 Å². The molecule has 2 aromatic rings. The van der Waals surface area contributed by atoms with Crippen molar-refractivity contribution in [2.75, 3.05) is 12.4 Å². The Balaban J connectivity index is 2.26. The molecule has 6 heteroatoms. The number of phenolic OH excluding ortho intramolecular Hbond substituents is 1. The van der Waals surface area contributed by atoms with E-state index in [-0.39, 0.29) is 17.5 Å². The zero-order valence-electron chi connectivity index (χ0n) is 11.7. The van der Waals surface area contributed by atoms with Crippen molar-refractivity contribution < 1.29 is 14.8 Å². The van der Waals surface area contributed by atoms with Crippen molar-refractivity contribution in [1.29, 1.82) is 0 Å². The summed E-state index contributed by atoms with van der Waals surface area (Å²) in [6.07, 6.45) is 0. The normalized spacial score (nSPS) is 11.7. The standard InChI is InChI=1S/C15H16N2O4/c1-10(11-3-5-12(18)6-4-11)16-14-8-7-13(21-2)9-15(14)17(19)20/h3-10,16,18H,1-2H3. The van der Waals surface area contributed by atoms with Crippen LogP contribution in [0.2, 0.25) is 0 Å². The van der Waals surface area contributed by atoms with Crippen LogP contribution in [0.25, 0.3) is 0 Å². The number of hydrogen-bond donors (Lipinski definition) is 2. The van der Waals surface area contributed by atoms with Crippen LogP contribution in [0, 0.1) is 10.1 Å². The summed E-state index contributed by atoms with van der Waals surface area (Å²) in [6.45, 7) is 1.89. The van der Waals surface area contributed by atoms with Crippen molar-refractivity contribution in [2.24, 2.45) is 0 Å². The number of nitro groups is 1. The molecule has 110 valence electrons. The van der Waals surface area contributed by atoms with Gasteiger partial charge in [-0.1, -0.05) is 12.1 Å². The SMILES string of the molecule is COc1ccc(NC(C)c2ccc(O)cc2)c([N+](=O)[O-])c1. The van der Waals surface area contributed by atoms with Crippen LogP contribution in [0.15, 0.2) is 42.5 Å². The Morgan fingerprint density at radius 3 is 2.48 bits per heavy atom. The summed E-state index contributed by atoms with van der Waals surface area (Å²) in [7, 11) is 1.46. The lowest BCUT2D eigenvalue weighted by Crippen LogP contribution is -2.08. The first-order chi connectivity index (χ1) is 10.0. The van der Waals surface area contributed by atoms with E-state index in [1.54, 1.807) is 36.4 Å². The van der Waals surface area contributed by atoms with Gasteiger partial charge in [0.2, 0.25) is 0 Å². The van der Waals surface area contributed by atoms with Crippen molar-refractivity contribution in [1.82, 2.24) is 0 Å². The van der Waals surface area contributed by atoms with Gasteiger partial charge in [-0.25, -0.2) is 0 Å². The Morgan fingerprint density at radius 2 is 1.90 bits per heavy atom. The Kier molecular flexibility index (Phi) is 4.27. The maximum absolute atomic E-state index is 11.1. The van der Waals surface area contributed by atoms with Crippen LogP contribution < -0.4 is 10.1 Å². The summed E-state index contributed by atoms with van der Waals surface area (Å²) in [5.41, 5.74) is 1.29. The van der Waals surface area contributed by atoms with Gasteiger partial charge in [-0.05, 0) is 36.8 Å². The Bertz CT molecular complexity index is 641. The van der Waals surface area contributed by atoms with Gasteiger partial charge in [0.1, 0.15) is 17.2 Å². The topological polar surface area (TPSA) is 84.6 Å². The molecule has 0 aliphatic heterocycles. The predicted molar refractivity (Wildman–Crippen MR) is 79.8 cm³/mol. The van der Waals surface area contributed by atoms with Gasteiger partial charge < -0.3 is 15.2 Å². The van der Waals surface area contributed by atoms with Crippen LogP contribution in [0.4, 0.5) is 11.4 Å². The number of nitrogens with zero attached hydrogens (tertiary/aromatic N) is 1. The number of nitro benzene ring substituents is 1. The fourth-order valence-corrected chi connectivity index (χ4v) is 1.99. The zero-order valence-corrected chi connectivity index (χ0v) is 11.7. The predicted octanol–water partition coefficient (Wildman–Crippen LogP) is 3.48. The summed E-state index contributed by atoms with van der Waals surface area (Å²) >= 11 is 0. The molecule has 2 N–H and O–H groups in total. The molecule has 1 atom stereocenters. The van der Waals surface area contributed by atoms with Crippen molar-refractivity contribution in [3.63, 3.8) is 0 Å². The number of benzene rings is 2. The molecule has 0 amide bonds. The third-order valence-electron chi connectivity index (χ3n) is 3.17.